The van der Waals surface area contributed by atoms with Crippen molar-refractivity contribution < 1.29 is 13.9 Å². The lowest BCUT2D eigenvalue weighted by Gasteiger charge is -2.10. The predicted octanol–water partition coefficient (Wildman–Crippen LogP) is 7.40. The quantitative estimate of drug-likeness (QED) is 0.291. The summed E-state index contributed by atoms with van der Waals surface area (Å²) in [5, 5.41) is 0. The second kappa shape index (κ2) is 14.0. The number of hydrogen-bond donors (Lipinski definition) is 0. The molecule has 0 radical (unpaired) electrons. The summed E-state index contributed by atoms with van der Waals surface area (Å²) in [6, 6.07) is 11.8. The number of unbranched alkanes of at least 4 members (excludes halogenated alkanes) is 6. The number of alkyl halides is 1. The van der Waals surface area contributed by atoms with Crippen LogP contribution in [-0.4, -0.2) is 24.4 Å². The zero-order valence-corrected chi connectivity index (χ0v) is 18.0. The van der Waals surface area contributed by atoms with Gasteiger partial charge in [-0.15, -0.1) is 0 Å². The van der Waals surface area contributed by atoms with Gasteiger partial charge in [0.1, 0.15) is 24.3 Å². The molecule has 160 valence electrons. The molecule has 0 aliphatic carbocycles. The highest BCUT2D eigenvalue weighted by atomic mass is 19.1. The Balaban J connectivity index is 1.73. The third-order valence-electron chi connectivity index (χ3n) is 4.95. The fourth-order valence-electron chi connectivity index (χ4n) is 3.13. The number of nitrogens with zero attached hydrogens (tertiary/aromatic N) is 1. The van der Waals surface area contributed by atoms with Crippen molar-refractivity contribution >= 4 is 0 Å². The van der Waals surface area contributed by atoms with Crippen LogP contribution in [0.3, 0.4) is 0 Å². The van der Waals surface area contributed by atoms with E-state index < -0.39 is 6.17 Å². The monoisotopic (exact) mass is 401 g/mol. The fourth-order valence-corrected chi connectivity index (χ4v) is 3.13. The number of pyridine rings is 1. The highest BCUT2D eigenvalue weighted by Gasteiger charge is 2.07. The molecule has 4 heteroatoms. The lowest BCUT2D eigenvalue weighted by molar-refractivity contribution is 0.184. The van der Waals surface area contributed by atoms with E-state index in [0.29, 0.717) is 12.2 Å². The first-order valence-electron chi connectivity index (χ1n) is 11.2. The molecular formula is C25H36FNO2. The third-order valence-corrected chi connectivity index (χ3v) is 4.95. The van der Waals surface area contributed by atoms with Crippen molar-refractivity contribution in [3.05, 3.63) is 42.6 Å². The average Bonchev–Trinajstić information content (AvgIpc) is 2.76. The Bertz CT molecular complexity index is 658. The summed E-state index contributed by atoms with van der Waals surface area (Å²) < 4.78 is 25.0. The third kappa shape index (κ3) is 9.29. The topological polar surface area (TPSA) is 31.4 Å². The van der Waals surface area contributed by atoms with Crippen molar-refractivity contribution in [2.75, 3.05) is 13.2 Å². The first-order chi connectivity index (χ1) is 14.2. The molecule has 0 aliphatic heterocycles. The molecule has 0 N–H and O–H groups in total. The van der Waals surface area contributed by atoms with Crippen molar-refractivity contribution in [3.8, 4) is 22.8 Å². The molecule has 0 fully saturated rings. The molecule has 0 spiro atoms. The minimum absolute atomic E-state index is 0.0890. The summed E-state index contributed by atoms with van der Waals surface area (Å²) >= 11 is 0. The van der Waals surface area contributed by atoms with Gasteiger partial charge in [-0.3, -0.25) is 4.98 Å². The van der Waals surface area contributed by atoms with E-state index in [1.165, 1.54) is 32.1 Å². The lowest BCUT2D eigenvalue weighted by Crippen LogP contribution is -2.12. The van der Waals surface area contributed by atoms with Crippen molar-refractivity contribution in [1.82, 2.24) is 4.98 Å². The highest BCUT2D eigenvalue weighted by Crippen LogP contribution is 2.23. The molecule has 0 saturated heterocycles. The second-order valence-corrected chi connectivity index (χ2v) is 7.57. The molecule has 1 aromatic heterocycles. The average molecular weight is 402 g/mol. The SMILES string of the molecule is CCCCCCCCOc1ccc(-c2ccc(OCC(F)CCCC)cn2)cc1. The Morgan fingerprint density at radius 2 is 1.48 bits per heavy atom. The molecule has 29 heavy (non-hydrogen) atoms. The zero-order valence-electron chi connectivity index (χ0n) is 18.0. The van der Waals surface area contributed by atoms with Gasteiger partial charge in [-0.1, -0.05) is 58.8 Å². The normalized spacial score (nSPS) is 12.0. The molecule has 1 unspecified atom stereocenters. The maximum absolute atomic E-state index is 13.7. The molecule has 1 aromatic carbocycles. The van der Waals surface area contributed by atoms with Gasteiger partial charge < -0.3 is 9.47 Å². The van der Waals surface area contributed by atoms with Crippen LogP contribution in [0.25, 0.3) is 11.3 Å². The summed E-state index contributed by atoms with van der Waals surface area (Å²) in [4.78, 5) is 4.44. The van der Waals surface area contributed by atoms with Crippen LogP contribution in [0.5, 0.6) is 11.5 Å². The molecule has 1 heterocycles. The Hall–Kier alpha value is -2.10. The minimum atomic E-state index is -0.918. The number of aromatic nitrogens is 1. The van der Waals surface area contributed by atoms with Crippen molar-refractivity contribution in [2.24, 2.45) is 0 Å². The smallest absolute Gasteiger partial charge is 0.137 e. The van der Waals surface area contributed by atoms with E-state index in [9.17, 15) is 4.39 Å². The minimum Gasteiger partial charge on any atom is -0.494 e. The second-order valence-electron chi connectivity index (χ2n) is 7.57. The van der Waals surface area contributed by atoms with E-state index in [4.69, 9.17) is 9.47 Å². The summed E-state index contributed by atoms with van der Waals surface area (Å²) in [5.41, 5.74) is 1.89. The molecule has 2 rings (SSSR count). The van der Waals surface area contributed by atoms with Gasteiger partial charge in [0.05, 0.1) is 18.5 Å². The maximum atomic E-state index is 13.7. The zero-order chi connectivity index (χ0) is 20.7. The van der Waals surface area contributed by atoms with Crippen molar-refractivity contribution in [2.45, 2.75) is 77.8 Å². The number of rotatable bonds is 15. The van der Waals surface area contributed by atoms with Gasteiger partial charge in [0.15, 0.2) is 0 Å². The molecule has 3 nitrogen and oxygen atoms in total. The van der Waals surface area contributed by atoms with Crippen LogP contribution < -0.4 is 9.47 Å². The number of ether oxygens (including phenoxy) is 2. The number of hydrogen-bond acceptors (Lipinski definition) is 3. The van der Waals surface area contributed by atoms with Gasteiger partial charge in [0, 0.05) is 5.56 Å². The van der Waals surface area contributed by atoms with Gasteiger partial charge in [-0.2, -0.15) is 0 Å². The largest absolute Gasteiger partial charge is 0.494 e. The summed E-state index contributed by atoms with van der Waals surface area (Å²) in [7, 11) is 0. The van der Waals surface area contributed by atoms with Gasteiger partial charge >= 0.3 is 0 Å². The Labute approximate surface area is 175 Å². The van der Waals surface area contributed by atoms with E-state index in [-0.39, 0.29) is 6.61 Å². The van der Waals surface area contributed by atoms with E-state index in [2.05, 4.69) is 18.8 Å². The Morgan fingerprint density at radius 1 is 0.793 bits per heavy atom. The molecule has 0 saturated carbocycles. The van der Waals surface area contributed by atoms with E-state index in [1.807, 2.05) is 36.4 Å². The lowest BCUT2D eigenvalue weighted by atomic mass is 10.1. The molecule has 0 aliphatic rings. The molecule has 1 atom stereocenters. The van der Waals surface area contributed by atoms with Gasteiger partial charge in [0.2, 0.25) is 0 Å². The van der Waals surface area contributed by atoms with E-state index in [1.54, 1.807) is 6.20 Å². The predicted molar refractivity (Wildman–Crippen MR) is 118 cm³/mol. The Kier molecular flexibility index (Phi) is 11.2. The summed E-state index contributed by atoms with van der Waals surface area (Å²) in [6.07, 6.45) is 10.8. The number of benzene rings is 1. The van der Waals surface area contributed by atoms with Crippen LogP contribution in [0.1, 0.15) is 71.6 Å². The van der Waals surface area contributed by atoms with Gasteiger partial charge in [0.25, 0.3) is 0 Å². The van der Waals surface area contributed by atoms with Gasteiger partial charge in [-0.25, -0.2) is 4.39 Å². The first kappa shape index (κ1) is 23.2. The summed E-state index contributed by atoms with van der Waals surface area (Å²) in [6.45, 7) is 5.15. The maximum Gasteiger partial charge on any atom is 0.137 e. The van der Waals surface area contributed by atoms with Crippen LogP contribution in [0.15, 0.2) is 42.6 Å². The van der Waals surface area contributed by atoms with E-state index >= 15 is 0 Å². The van der Waals surface area contributed by atoms with Crippen LogP contribution in [-0.2, 0) is 0 Å². The molecule has 0 bridgehead atoms. The Morgan fingerprint density at radius 3 is 2.17 bits per heavy atom. The standard InChI is InChI=1S/C25H36FNO2/c1-3-5-7-8-9-10-18-28-23-14-12-21(13-15-23)25-17-16-24(19-27-25)29-20-22(26)11-6-4-2/h12-17,19,22H,3-11,18,20H2,1-2H3. The van der Waals surface area contributed by atoms with Crippen LogP contribution in [0, 0.1) is 0 Å². The highest BCUT2D eigenvalue weighted by molar-refractivity contribution is 5.60. The first-order valence-corrected chi connectivity index (χ1v) is 11.2. The molecule has 2 aromatic rings. The van der Waals surface area contributed by atoms with Crippen LogP contribution in [0.2, 0.25) is 0 Å². The van der Waals surface area contributed by atoms with Crippen LogP contribution >= 0.6 is 0 Å². The number of halogens is 1. The molecular weight excluding hydrogens is 365 g/mol. The van der Waals surface area contributed by atoms with Gasteiger partial charge in [-0.05, 0) is 49.2 Å². The van der Waals surface area contributed by atoms with Crippen LogP contribution in [0.4, 0.5) is 4.39 Å². The van der Waals surface area contributed by atoms with E-state index in [0.717, 1.165) is 42.9 Å². The fraction of sp³-hybridized carbons (Fsp3) is 0.560. The van der Waals surface area contributed by atoms with Crippen molar-refractivity contribution in [1.29, 1.82) is 0 Å². The summed E-state index contributed by atoms with van der Waals surface area (Å²) in [5.74, 6) is 1.50. The molecule has 0 amide bonds. The van der Waals surface area contributed by atoms with Crippen molar-refractivity contribution in [3.63, 3.8) is 0 Å².